The van der Waals surface area contributed by atoms with Gasteiger partial charge in [-0.05, 0) is 66.7 Å². The van der Waals surface area contributed by atoms with Gasteiger partial charge in [-0.15, -0.1) is 0 Å². The summed E-state index contributed by atoms with van der Waals surface area (Å²) in [4.78, 5) is 0.798. The average molecular weight is 465 g/mol. The van der Waals surface area contributed by atoms with Crippen LogP contribution in [0.1, 0.15) is 11.3 Å². The van der Waals surface area contributed by atoms with E-state index < -0.39 is 12.2 Å². The second-order valence-electron chi connectivity index (χ2n) is 7.15. The van der Waals surface area contributed by atoms with Gasteiger partial charge < -0.3 is 29.7 Å². The Bertz CT molecular complexity index is 1010. The van der Waals surface area contributed by atoms with E-state index >= 15 is 0 Å². The number of likely N-dealkylation sites (N-methyl/N-ethyl adjacent to an activating group) is 1. The van der Waals surface area contributed by atoms with E-state index in [0.717, 1.165) is 31.7 Å². The van der Waals surface area contributed by atoms with E-state index in [2.05, 4.69) is 39.6 Å². The van der Waals surface area contributed by atoms with E-state index in [9.17, 15) is 5.11 Å². The number of fused-ring (bicyclic) bond motifs is 1. The highest BCUT2D eigenvalue weighted by Gasteiger charge is 2.27. The van der Waals surface area contributed by atoms with Crippen LogP contribution in [0.15, 0.2) is 46.9 Å². The highest BCUT2D eigenvalue weighted by Crippen LogP contribution is 2.36. The number of aryl methyl sites for hydroxylation is 1. The van der Waals surface area contributed by atoms with Crippen LogP contribution in [0, 0.1) is 13.8 Å². The minimum atomic E-state index is -2.99. The molecule has 0 bridgehead atoms. The van der Waals surface area contributed by atoms with Gasteiger partial charge in [0.25, 0.3) is 0 Å². The summed E-state index contributed by atoms with van der Waals surface area (Å²) in [7, 11) is 1.27. The van der Waals surface area contributed by atoms with Gasteiger partial charge in [-0.25, -0.2) is 4.90 Å². The molecule has 1 unspecified atom stereocenters. The number of para-hydroxylation sites is 1. The number of nitrogens with zero attached hydrogens (tertiary/aromatic N) is 2. The number of ether oxygens (including phenoxy) is 1. The van der Waals surface area contributed by atoms with Crippen molar-refractivity contribution in [3.8, 4) is 11.4 Å². The van der Waals surface area contributed by atoms with Crippen LogP contribution < -0.4 is 4.74 Å². The van der Waals surface area contributed by atoms with Crippen molar-refractivity contribution in [1.29, 1.82) is 0 Å². The SMILES string of the molecule is Cc1ccccc1-n1c(C)c(Br)c2cc(OCC(O)CN(C)C(O)(O)O)ccc21. The summed E-state index contributed by atoms with van der Waals surface area (Å²) >= 11 is 3.68. The molecule has 2 aromatic carbocycles. The monoisotopic (exact) mass is 464 g/mol. The zero-order valence-corrected chi connectivity index (χ0v) is 18.1. The normalized spacial score (nSPS) is 13.3. The first kappa shape index (κ1) is 21.8. The van der Waals surface area contributed by atoms with Gasteiger partial charge >= 0.3 is 6.10 Å². The van der Waals surface area contributed by atoms with Gasteiger partial charge in [0.15, 0.2) is 0 Å². The van der Waals surface area contributed by atoms with Crippen LogP contribution in [0.25, 0.3) is 16.6 Å². The van der Waals surface area contributed by atoms with Gasteiger partial charge in [0.05, 0.1) is 5.52 Å². The molecule has 3 rings (SSSR count). The predicted molar refractivity (Wildman–Crippen MR) is 114 cm³/mol. The summed E-state index contributed by atoms with van der Waals surface area (Å²) in [6.07, 6.45) is -4.01. The molecule has 156 valence electrons. The Hall–Kier alpha value is -1.94. The maximum atomic E-state index is 10.0. The van der Waals surface area contributed by atoms with Crippen LogP contribution in [-0.2, 0) is 0 Å². The maximum Gasteiger partial charge on any atom is 0.345 e. The molecular weight excluding hydrogens is 440 g/mol. The number of hydrogen-bond acceptors (Lipinski definition) is 6. The minimum absolute atomic E-state index is 0.0684. The summed E-state index contributed by atoms with van der Waals surface area (Å²) in [5, 5.41) is 38.3. The van der Waals surface area contributed by atoms with Crippen molar-refractivity contribution < 1.29 is 25.2 Å². The van der Waals surface area contributed by atoms with Crippen LogP contribution in [0.4, 0.5) is 0 Å². The number of halogens is 1. The topological polar surface area (TPSA) is 98.3 Å². The first-order chi connectivity index (χ1) is 13.6. The van der Waals surface area contributed by atoms with Crippen LogP contribution in [0.2, 0.25) is 0 Å². The molecule has 1 heterocycles. The zero-order chi connectivity index (χ0) is 21.3. The van der Waals surface area contributed by atoms with Crippen molar-refractivity contribution in [2.45, 2.75) is 26.0 Å². The summed E-state index contributed by atoms with van der Waals surface area (Å²) in [6, 6.07) is 13.9. The highest BCUT2D eigenvalue weighted by atomic mass is 79.9. The van der Waals surface area contributed by atoms with E-state index in [1.165, 1.54) is 12.6 Å². The molecule has 0 radical (unpaired) electrons. The lowest BCUT2D eigenvalue weighted by atomic mass is 10.2. The van der Waals surface area contributed by atoms with Crippen molar-refractivity contribution in [3.63, 3.8) is 0 Å². The molecule has 0 aliphatic rings. The summed E-state index contributed by atoms with van der Waals surface area (Å²) < 4.78 is 8.82. The van der Waals surface area contributed by atoms with E-state index in [4.69, 9.17) is 20.1 Å². The molecule has 0 aliphatic heterocycles. The second-order valence-corrected chi connectivity index (χ2v) is 7.94. The van der Waals surface area contributed by atoms with Crippen LogP contribution >= 0.6 is 15.9 Å². The lowest BCUT2D eigenvalue weighted by molar-refractivity contribution is -0.390. The summed E-state index contributed by atoms with van der Waals surface area (Å²) in [5.74, 6) is 0.574. The van der Waals surface area contributed by atoms with Crippen LogP contribution in [-0.4, -0.2) is 62.3 Å². The summed E-state index contributed by atoms with van der Waals surface area (Å²) in [6.45, 7) is 3.87. The molecular formula is C21H25BrN2O5. The smallest absolute Gasteiger partial charge is 0.345 e. The van der Waals surface area contributed by atoms with Crippen molar-refractivity contribution in [1.82, 2.24) is 9.47 Å². The average Bonchev–Trinajstić information content (AvgIpc) is 2.90. The van der Waals surface area contributed by atoms with Crippen LogP contribution in [0.5, 0.6) is 5.75 Å². The second kappa shape index (κ2) is 8.43. The van der Waals surface area contributed by atoms with Gasteiger partial charge in [-0.1, -0.05) is 18.2 Å². The van der Waals surface area contributed by atoms with Gasteiger partial charge in [-0.2, -0.15) is 0 Å². The Morgan fingerprint density at radius 1 is 1.14 bits per heavy atom. The van der Waals surface area contributed by atoms with E-state index in [1.54, 1.807) is 0 Å². The molecule has 7 nitrogen and oxygen atoms in total. The Labute approximate surface area is 177 Å². The third kappa shape index (κ3) is 4.63. The Kier molecular flexibility index (Phi) is 6.33. The fourth-order valence-corrected chi connectivity index (χ4v) is 3.75. The molecule has 8 heteroatoms. The minimum Gasteiger partial charge on any atom is -0.491 e. The van der Waals surface area contributed by atoms with Gasteiger partial charge in [0.2, 0.25) is 0 Å². The number of aliphatic hydroxyl groups is 4. The lowest BCUT2D eigenvalue weighted by Crippen LogP contribution is -2.50. The molecule has 0 spiro atoms. The number of aromatic nitrogens is 1. The quantitative estimate of drug-likeness (QED) is 0.400. The lowest BCUT2D eigenvalue weighted by Gasteiger charge is -2.27. The number of rotatable bonds is 7. The fraction of sp³-hybridized carbons (Fsp3) is 0.333. The number of hydrogen-bond donors (Lipinski definition) is 4. The van der Waals surface area contributed by atoms with E-state index in [0.29, 0.717) is 5.75 Å². The number of benzene rings is 2. The third-order valence-corrected chi connectivity index (χ3v) is 5.89. The third-order valence-electron chi connectivity index (χ3n) is 4.89. The Morgan fingerprint density at radius 2 is 1.83 bits per heavy atom. The largest absolute Gasteiger partial charge is 0.491 e. The highest BCUT2D eigenvalue weighted by molar-refractivity contribution is 9.10. The maximum absolute atomic E-state index is 10.0. The molecule has 0 aliphatic carbocycles. The standard InChI is InChI=1S/C21H25BrN2O5/c1-13-6-4-5-7-18(13)24-14(2)20(22)17-10-16(8-9-19(17)24)29-12-15(25)11-23(3)21(26,27)28/h4-10,15,25-28H,11-12H2,1-3H3. The van der Waals surface area contributed by atoms with E-state index in [1.807, 2.05) is 37.3 Å². The van der Waals surface area contributed by atoms with Crippen molar-refractivity contribution in [3.05, 3.63) is 58.2 Å². The molecule has 0 saturated heterocycles. The van der Waals surface area contributed by atoms with Crippen molar-refractivity contribution >= 4 is 26.8 Å². The summed E-state index contributed by atoms with van der Waals surface area (Å²) in [5.41, 5.74) is 4.37. The Morgan fingerprint density at radius 3 is 2.48 bits per heavy atom. The molecule has 0 fully saturated rings. The fourth-order valence-electron chi connectivity index (χ4n) is 3.26. The molecule has 0 amide bonds. The predicted octanol–water partition coefficient (Wildman–Crippen LogP) is 2.27. The molecule has 3 aromatic rings. The molecule has 1 atom stereocenters. The van der Waals surface area contributed by atoms with E-state index in [-0.39, 0.29) is 13.2 Å². The van der Waals surface area contributed by atoms with Crippen LogP contribution in [0.3, 0.4) is 0 Å². The first-order valence-electron chi connectivity index (χ1n) is 9.15. The first-order valence-corrected chi connectivity index (χ1v) is 9.94. The molecule has 1 aromatic heterocycles. The van der Waals surface area contributed by atoms with Gasteiger partial charge in [0, 0.05) is 27.8 Å². The van der Waals surface area contributed by atoms with Gasteiger partial charge in [0.1, 0.15) is 18.5 Å². The zero-order valence-electron chi connectivity index (χ0n) is 16.5. The molecule has 4 N–H and O–H groups in total. The van der Waals surface area contributed by atoms with Gasteiger partial charge in [-0.3, -0.25) is 0 Å². The van der Waals surface area contributed by atoms with Crippen molar-refractivity contribution in [2.75, 3.05) is 20.2 Å². The number of aliphatic hydroxyl groups excluding tert-OH is 1. The Balaban J connectivity index is 1.83. The molecule has 29 heavy (non-hydrogen) atoms. The van der Waals surface area contributed by atoms with Crippen molar-refractivity contribution in [2.24, 2.45) is 0 Å². The molecule has 0 saturated carbocycles.